The van der Waals surface area contributed by atoms with Crippen molar-refractivity contribution in [3.8, 4) is 0 Å². The van der Waals surface area contributed by atoms with Gasteiger partial charge in [-0.3, -0.25) is 9.69 Å². The van der Waals surface area contributed by atoms with Crippen LogP contribution in [0, 0.1) is 12.7 Å². The molecule has 6 nitrogen and oxygen atoms in total. The van der Waals surface area contributed by atoms with Crippen molar-refractivity contribution in [2.45, 2.75) is 13.1 Å². The van der Waals surface area contributed by atoms with Gasteiger partial charge < -0.3 is 9.88 Å². The number of halogens is 4. The maximum atomic E-state index is 13.6. The van der Waals surface area contributed by atoms with Crippen molar-refractivity contribution in [1.29, 1.82) is 0 Å². The van der Waals surface area contributed by atoms with Crippen LogP contribution in [-0.4, -0.2) is 22.5 Å². The van der Waals surface area contributed by atoms with Gasteiger partial charge in [-0.2, -0.15) is 18.2 Å². The van der Waals surface area contributed by atoms with Crippen LogP contribution in [0.15, 0.2) is 53.6 Å². The fourth-order valence-electron chi connectivity index (χ4n) is 3.35. The average Bonchev–Trinajstić information content (AvgIpc) is 2.69. The normalized spacial score (nSPS) is 14.1. The lowest BCUT2D eigenvalue weighted by atomic mass is 10.0. The summed E-state index contributed by atoms with van der Waals surface area (Å²) < 4.78 is 53.5. The van der Waals surface area contributed by atoms with Crippen LogP contribution < -0.4 is 15.5 Å². The highest BCUT2D eigenvalue weighted by Gasteiger charge is 2.36. The number of H-pyrrole nitrogens is 1. The molecule has 0 spiro atoms. The zero-order valence-electron chi connectivity index (χ0n) is 15.5. The molecule has 0 fully saturated rings. The number of benzene rings is 2. The Morgan fingerprint density at radius 3 is 2.43 bits per heavy atom. The van der Waals surface area contributed by atoms with Crippen LogP contribution in [0.2, 0.25) is 0 Å². The number of carbonyl (C=O) groups excluding carboxylic acids is 1. The number of nitrogens with one attached hydrogen (secondary N) is 1. The molecule has 3 aromatic rings. The van der Waals surface area contributed by atoms with Crippen LogP contribution in [0.1, 0.15) is 21.5 Å². The molecule has 10 heteroatoms. The van der Waals surface area contributed by atoms with Gasteiger partial charge in [-0.1, -0.05) is 0 Å². The van der Waals surface area contributed by atoms with Crippen molar-refractivity contribution in [3.05, 3.63) is 81.8 Å². The van der Waals surface area contributed by atoms with Crippen molar-refractivity contribution in [2.75, 3.05) is 16.5 Å². The summed E-state index contributed by atoms with van der Waals surface area (Å²) in [5, 5.41) is 0. The van der Waals surface area contributed by atoms with Crippen molar-refractivity contribution in [3.63, 3.8) is 0 Å². The first-order chi connectivity index (χ1) is 14.1. The second kappa shape index (κ2) is 6.97. The molecule has 1 aliphatic heterocycles. The Labute approximate surface area is 167 Å². The first kappa shape index (κ1) is 19.6. The van der Waals surface area contributed by atoms with Gasteiger partial charge in [0.05, 0.1) is 28.7 Å². The van der Waals surface area contributed by atoms with Crippen LogP contribution in [-0.2, 0) is 6.18 Å². The molecular weight excluding hydrogens is 404 g/mol. The van der Waals surface area contributed by atoms with Gasteiger partial charge in [0.15, 0.2) is 0 Å². The zero-order valence-corrected chi connectivity index (χ0v) is 15.5. The number of aromatic nitrogens is 2. The highest BCUT2D eigenvalue weighted by molar-refractivity contribution is 6.12. The van der Waals surface area contributed by atoms with Crippen molar-refractivity contribution >= 4 is 23.0 Å². The number of amides is 1. The summed E-state index contributed by atoms with van der Waals surface area (Å²) in [6.45, 7) is 1.46. The molecule has 0 bridgehead atoms. The van der Waals surface area contributed by atoms with E-state index in [4.69, 9.17) is 0 Å². The molecule has 2 aromatic carbocycles. The predicted molar refractivity (Wildman–Crippen MR) is 101 cm³/mol. The van der Waals surface area contributed by atoms with E-state index in [0.29, 0.717) is 11.3 Å². The highest BCUT2D eigenvalue weighted by atomic mass is 19.4. The van der Waals surface area contributed by atoms with Gasteiger partial charge in [-0.15, -0.1) is 0 Å². The predicted octanol–water partition coefficient (Wildman–Crippen LogP) is 3.99. The van der Waals surface area contributed by atoms with E-state index in [1.165, 1.54) is 40.4 Å². The minimum absolute atomic E-state index is 0.0316. The SMILES string of the molecule is Cc1cc(F)ccc1N1CN(c2cnc(=O)[nH]c2)C(=O)c2ccc(C(F)(F)F)cc21. The van der Waals surface area contributed by atoms with E-state index in [1.807, 2.05) is 0 Å². The Balaban J connectivity index is 1.90. The third kappa shape index (κ3) is 3.40. The summed E-state index contributed by atoms with van der Waals surface area (Å²) in [6.07, 6.45) is -2.11. The van der Waals surface area contributed by atoms with Crippen molar-refractivity contribution < 1.29 is 22.4 Å². The molecule has 1 aromatic heterocycles. The van der Waals surface area contributed by atoms with Crippen LogP contribution >= 0.6 is 0 Å². The molecule has 0 unspecified atom stereocenters. The van der Waals surface area contributed by atoms with Crippen LogP contribution in [0.25, 0.3) is 0 Å². The molecule has 0 radical (unpaired) electrons. The average molecular weight is 418 g/mol. The summed E-state index contributed by atoms with van der Waals surface area (Å²) in [6, 6.07) is 6.73. The molecule has 0 saturated carbocycles. The zero-order chi connectivity index (χ0) is 21.6. The minimum atomic E-state index is -4.60. The molecule has 0 saturated heterocycles. The number of hydrogen-bond donors (Lipinski definition) is 1. The Morgan fingerprint density at radius 1 is 1.03 bits per heavy atom. The van der Waals surface area contributed by atoms with Gasteiger partial charge in [0.25, 0.3) is 5.91 Å². The number of fused-ring (bicyclic) bond motifs is 1. The summed E-state index contributed by atoms with van der Waals surface area (Å²) in [5.74, 6) is -1.04. The number of carbonyl (C=O) groups is 1. The van der Waals surface area contributed by atoms with Crippen molar-refractivity contribution in [1.82, 2.24) is 9.97 Å². The smallest absolute Gasteiger partial charge is 0.322 e. The molecule has 0 atom stereocenters. The number of aromatic amines is 1. The lowest BCUT2D eigenvalue weighted by molar-refractivity contribution is -0.137. The monoisotopic (exact) mass is 418 g/mol. The molecular formula is C20H14F4N4O2. The van der Waals surface area contributed by atoms with E-state index in [2.05, 4.69) is 9.97 Å². The fourth-order valence-corrected chi connectivity index (χ4v) is 3.35. The standard InChI is InChI=1S/C20H14F4N4O2/c1-11-6-13(21)3-5-16(11)28-10-27(14-8-25-19(30)26-9-14)18(29)15-4-2-12(7-17(15)28)20(22,23)24/h2-9H,10H2,1H3,(H,25,26,30). The molecule has 154 valence electrons. The Kier molecular flexibility index (Phi) is 4.56. The third-order valence-corrected chi connectivity index (χ3v) is 4.79. The number of anilines is 3. The van der Waals surface area contributed by atoms with E-state index < -0.39 is 29.2 Å². The number of alkyl halides is 3. The van der Waals surface area contributed by atoms with Crippen LogP contribution in [0.5, 0.6) is 0 Å². The Hall–Kier alpha value is -3.69. The Bertz CT molecular complexity index is 1190. The maximum Gasteiger partial charge on any atom is 0.416 e. The molecule has 2 heterocycles. The fraction of sp³-hybridized carbons (Fsp3) is 0.150. The second-order valence-electron chi connectivity index (χ2n) is 6.74. The lowest BCUT2D eigenvalue weighted by Crippen LogP contribution is -2.45. The highest BCUT2D eigenvalue weighted by Crippen LogP contribution is 2.40. The summed E-state index contributed by atoms with van der Waals surface area (Å²) in [5.41, 5.74) is -0.251. The van der Waals surface area contributed by atoms with Crippen LogP contribution in [0.4, 0.5) is 34.6 Å². The summed E-state index contributed by atoms with van der Waals surface area (Å²) in [4.78, 5) is 33.0. The summed E-state index contributed by atoms with van der Waals surface area (Å²) in [7, 11) is 0. The van der Waals surface area contributed by atoms with Gasteiger partial charge >= 0.3 is 11.9 Å². The lowest BCUT2D eigenvalue weighted by Gasteiger charge is -2.38. The van der Waals surface area contributed by atoms with E-state index in [9.17, 15) is 27.2 Å². The number of hydrogen-bond acceptors (Lipinski definition) is 4. The van der Waals surface area contributed by atoms with Gasteiger partial charge in [0, 0.05) is 11.9 Å². The van der Waals surface area contributed by atoms with E-state index in [0.717, 1.165) is 18.2 Å². The minimum Gasteiger partial charge on any atom is -0.322 e. The molecule has 1 aliphatic rings. The van der Waals surface area contributed by atoms with Crippen molar-refractivity contribution in [2.24, 2.45) is 0 Å². The third-order valence-electron chi connectivity index (χ3n) is 4.79. The second-order valence-corrected chi connectivity index (χ2v) is 6.74. The summed E-state index contributed by atoms with van der Waals surface area (Å²) >= 11 is 0. The number of nitrogens with zero attached hydrogens (tertiary/aromatic N) is 3. The molecule has 4 rings (SSSR count). The van der Waals surface area contributed by atoms with Crippen LogP contribution in [0.3, 0.4) is 0 Å². The van der Waals surface area contributed by atoms with E-state index >= 15 is 0 Å². The Morgan fingerprint density at radius 2 is 1.80 bits per heavy atom. The molecule has 30 heavy (non-hydrogen) atoms. The number of rotatable bonds is 2. The van der Waals surface area contributed by atoms with Gasteiger partial charge in [-0.05, 0) is 48.9 Å². The van der Waals surface area contributed by atoms with Gasteiger partial charge in [-0.25, -0.2) is 9.18 Å². The van der Waals surface area contributed by atoms with E-state index in [1.54, 1.807) is 6.92 Å². The molecule has 1 amide bonds. The number of aryl methyl sites for hydroxylation is 1. The first-order valence-electron chi connectivity index (χ1n) is 8.76. The molecule has 0 aliphatic carbocycles. The van der Waals surface area contributed by atoms with E-state index in [-0.39, 0.29) is 23.6 Å². The largest absolute Gasteiger partial charge is 0.416 e. The first-order valence-corrected chi connectivity index (χ1v) is 8.76. The molecule has 1 N–H and O–H groups in total. The van der Waals surface area contributed by atoms with Gasteiger partial charge in [0.2, 0.25) is 0 Å². The topological polar surface area (TPSA) is 69.3 Å². The van der Waals surface area contributed by atoms with Gasteiger partial charge in [0.1, 0.15) is 12.5 Å². The maximum absolute atomic E-state index is 13.6. The quantitative estimate of drug-likeness (QED) is 0.639.